The van der Waals surface area contributed by atoms with Gasteiger partial charge in [0.1, 0.15) is 11.5 Å². The van der Waals surface area contributed by atoms with Crippen molar-refractivity contribution in [3.63, 3.8) is 0 Å². The topological polar surface area (TPSA) is 93.7 Å². The van der Waals surface area contributed by atoms with E-state index >= 15 is 0 Å². The summed E-state index contributed by atoms with van der Waals surface area (Å²) in [4.78, 5) is 36.1. The standard InChI is InChI=1S/C25H21BrCl2N2O5/c1-15-12-18(26)20(28)13-21(15)30-24(32)14-34-25(33)11-10-23(31)29-16-6-8-17(9-7-16)35-22-5-3-2-4-19(22)27/h2-9,12-13H,10-11,14H2,1H3,(H,29,31)(H,30,32). The lowest BCUT2D eigenvalue weighted by Gasteiger charge is -2.11. The lowest BCUT2D eigenvalue weighted by Crippen LogP contribution is -2.22. The molecule has 0 unspecified atom stereocenters. The third kappa shape index (κ3) is 8.28. The van der Waals surface area contributed by atoms with Crippen LogP contribution in [-0.2, 0) is 19.1 Å². The molecule has 35 heavy (non-hydrogen) atoms. The second-order valence-corrected chi connectivity index (χ2v) is 9.06. The van der Waals surface area contributed by atoms with E-state index in [9.17, 15) is 14.4 Å². The van der Waals surface area contributed by atoms with E-state index in [0.717, 1.165) is 5.56 Å². The molecule has 0 aliphatic carbocycles. The van der Waals surface area contributed by atoms with E-state index in [1.165, 1.54) is 0 Å². The zero-order valence-corrected chi connectivity index (χ0v) is 21.7. The van der Waals surface area contributed by atoms with E-state index in [1.54, 1.807) is 61.5 Å². The third-order valence-electron chi connectivity index (χ3n) is 4.66. The van der Waals surface area contributed by atoms with E-state index in [0.29, 0.717) is 37.4 Å². The molecule has 2 amide bonds. The number of hydrogen-bond donors (Lipinski definition) is 2. The predicted molar refractivity (Wildman–Crippen MR) is 139 cm³/mol. The van der Waals surface area contributed by atoms with Gasteiger partial charge in [-0.15, -0.1) is 0 Å². The second kappa shape index (κ2) is 12.6. The van der Waals surface area contributed by atoms with Crippen molar-refractivity contribution in [1.82, 2.24) is 0 Å². The third-order valence-corrected chi connectivity index (χ3v) is 6.17. The van der Waals surface area contributed by atoms with E-state index < -0.39 is 18.5 Å². The minimum atomic E-state index is -0.663. The summed E-state index contributed by atoms with van der Waals surface area (Å²) >= 11 is 15.4. The molecule has 10 heteroatoms. The van der Waals surface area contributed by atoms with Crippen molar-refractivity contribution in [1.29, 1.82) is 0 Å². The number of ether oxygens (including phenoxy) is 2. The van der Waals surface area contributed by atoms with Crippen LogP contribution in [0.25, 0.3) is 0 Å². The van der Waals surface area contributed by atoms with Crippen LogP contribution in [0.3, 0.4) is 0 Å². The number of aryl methyl sites for hydroxylation is 1. The van der Waals surface area contributed by atoms with Crippen molar-refractivity contribution in [3.8, 4) is 11.5 Å². The van der Waals surface area contributed by atoms with Crippen molar-refractivity contribution in [2.24, 2.45) is 0 Å². The molecule has 0 fully saturated rings. The minimum Gasteiger partial charge on any atom is -0.456 e. The fraction of sp³-hybridized carbons (Fsp3) is 0.160. The monoisotopic (exact) mass is 578 g/mol. The van der Waals surface area contributed by atoms with Gasteiger partial charge in [-0.2, -0.15) is 0 Å². The van der Waals surface area contributed by atoms with Crippen LogP contribution in [0, 0.1) is 6.92 Å². The molecule has 182 valence electrons. The Bertz CT molecular complexity index is 1240. The van der Waals surface area contributed by atoms with Gasteiger partial charge in [-0.25, -0.2) is 0 Å². The minimum absolute atomic E-state index is 0.0975. The molecule has 2 N–H and O–H groups in total. The average Bonchev–Trinajstić information content (AvgIpc) is 2.82. The van der Waals surface area contributed by atoms with Crippen LogP contribution < -0.4 is 15.4 Å². The van der Waals surface area contributed by atoms with Crippen molar-refractivity contribution in [2.45, 2.75) is 19.8 Å². The van der Waals surface area contributed by atoms with Crippen LogP contribution in [0.4, 0.5) is 11.4 Å². The largest absolute Gasteiger partial charge is 0.456 e. The van der Waals surface area contributed by atoms with Crippen molar-refractivity contribution in [2.75, 3.05) is 17.2 Å². The maximum atomic E-state index is 12.2. The maximum Gasteiger partial charge on any atom is 0.306 e. The molecule has 0 saturated heterocycles. The quantitative estimate of drug-likeness (QED) is 0.273. The molecule has 3 rings (SSSR count). The number of carbonyl (C=O) groups is 3. The summed E-state index contributed by atoms with van der Waals surface area (Å²) in [6, 6.07) is 17.2. The zero-order chi connectivity index (χ0) is 25.4. The fourth-order valence-corrected chi connectivity index (χ4v) is 3.68. The Morgan fingerprint density at radius 2 is 1.60 bits per heavy atom. The van der Waals surface area contributed by atoms with Gasteiger partial charge >= 0.3 is 5.97 Å². The SMILES string of the molecule is Cc1cc(Br)c(Cl)cc1NC(=O)COC(=O)CCC(=O)Nc1ccc(Oc2ccccc2Cl)cc1. The number of esters is 1. The molecular weight excluding hydrogens is 559 g/mol. The number of anilines is 2. The summed E-state index contributed by atoms with van der Waals surface area (Å²) in [6.45, 7) is 1.33. The smallest absolute Gasteiger partial charge is 0.306 e. The highest BCUT2D eigenvalue weighted by Crippen LogP contribution is 2.30. The molecule has 0 spiro atoms. The molecule has 0 atom stereocenters. The predicted octanol–water partition coefficient (Wildman–Crippen LogP) is 6.76. The Morgan fingerprint density at radius 3 is 2.31 bits per heavy atom. The normalized spacial score (nSPS) is 10.4. The van der Waals surface area contributed by atoms with Gasteiger partial charge in [0.15, 0.2) is 6.61 Å². The van der Waals surface area contributed by atoms with Gasteiger partial charge in [0.2, 0.25) is 5.91 Å². The summed E-state index contributed by atoms with van der Waals surface area (Å²) in [7, 11) is 0. The van der Waals surface area contributed by atoms with Crippen LogP contribution in [0.1, 0.15) is 18.4 Å². The molecule has 0 bridgehead atoms. The molecule has 0 aliphatic rings. The summed E-state index contributed by atoms with van der Waals surface area (Å²) < 4.78 is 11.4. The molecule has 3 aromatic carbocycles. The van der Waals surface area contributed by atoms with Gasteiger partial charge in [-0.3, -0.25) is 14.4 Å². The number of para-hydroxylation sites is 1. The number of benzene rings is 3. The van der Waals surface area contributed by atoms with Gasteiger partial charge in [0, 0.05) is 22.3 Å². The highest BCUT2D eigenvalue weighted by Gasteiger charge is 2.13. The van der Waals surface area contributed by atoms with Gasteiger partial charge in [0.25, 0.3) is 5.91 Å². The molecule has 0 aromatic heterocycles. The number of carbonyl (C=O) groups excluding carboxylic acids is 3. The van der Waals surface area contributed by atoms with Gasteiger partial charge in [-0.1, -0.05) is 35.3 Å². The zero-order valence-electron chi connectivity index (χ0n) is 18.6. The first-order valence-corrected chi connectivity index (χ1v) is 12.0. The van der Waals surface area contributed by atoms with Crippen LogP contribution >= 0.6 is 39.1 Å². The van der Waals surface area contributed by atoms with Crippen molar-refractivity contribution < 1.29 is 23.9 Å². The van der Waals surface area contributed by atoms with Crippen LogP contribution in [0.5, 0.6) is 11.5 Å². The van der Waals surface area contributed by atoms with Crippen molar-refractivity contribution in [3.05, 3.63) is 80.7 Å². The Morgan fingerprint density at radius 1 is 0.886 bits per heavy atom. The van der Waals surface area contributed by atoms with Crippen LogP contribution in [-0.4, -0.2) is 24.4 Å². The number of rotatable bonds is 9. The van der Waals surface area contributed by atoms with E-state index in [2.05, 4.69) is 26.6 Å². The Labute approximate surface area is 220 Å². The average molecular weight is 580 g/mol. The molecular formula is C25H21BrCl2N2O5. The van der Waals surface area contributed by atoms with Crippen LogP contribution in [0.15, 0.2) is 65.1 Å². The Hall–Kier alpha value is -3.07. The molecule has 3 aromatic rings. The molecule has 0 radical (unpaired) electrons. The fourth-order valence-electron chi connectivity index (χ4n) is 2.89. The lowest BCUT2D eigenvalue weighted by molar-refractivity contribution is -0.147. The molecule has 0 heterocycles. The molecule has 0 aliphatic heterocycles. The highest BCUT2D eigenvalue weighted by atomic mass is 79.9. The number of amides is 2. The Kier molecular flexibility index (Phi) is 9.54. The first kappa shape index (κ1) is 26.5. The molecule has 7 nitrogen and oxygen atoms in total. The Balaban J connectivity index is 1.39. The lowest BCUT2D eigenvalue weighted by atomic mass is 10.2. The number of hydrogen-bond acceptors (Lipinski definition) is 5. The van der Waals surface area contributed by atoms with Gasteiger partial charge in [-0.05, 0) is 76.9 Å². The van der Waals surface area contributed by atoms with E-state index in [4.69, 9.17) is 32.7 Å². The maximum absolute atomic E-state index is 12.2. The summed E-state index contributed by atoms with van der Waals surface area (Å²) in [5, 5.41) is 6.25. The number of nitrogens with one attached hydrogen (secondary N) is 2. The van der Waals surface area contributed by atoms with Gasteiger partial charge < -0.3 is 20.1 Å². The van der Waals surface area contributed by atoms with Gasteiger partial charge in [0.05, 0.1) is 16.5 Å². The van der Waals surface area contributed by atoms with Crippen molar-refractivity contribution >= 4 is 68.3 Å². The molecule has 0 saturated carbocycles. The first-order valence-electron chi connectivity index (χ1n) is 10.4. The van der Waals surface area contributed by atoms with Crippen LogP contribution in [0.2, 0.25) is 10.0 Å². The summed E-state index contributed by atoms with van der Waals surface area (Å²) in [5.74, 6) is -0.466. The summed E-state index contributed by atoms with van der Waals surface area (Å²) in [5.41, 5.74) is 1.85. The number of halogens is 3. The first-order chi connectivity index (χ1) is 16.7. The second-order valence-electron chi connectivity index (χ2n) is 7.40. The van der Waals surface area contributed by atoms with E-state index in [1.807, 2.05) is 6.07 Å². The summed E-state index contributed by atoms with van der Waals surface area (Å²) in [6.07, 6.45) is -0.268. The highest BCUT2D eigenvalue weighted by molar-refractivity contribution is 9.10. The van der Waals surface area contributed by atoms with E-state index in [-0.39, 0.29) is 18.7 Å².